The van der Waals surface area contributed by atoms with E-state index in [2.05, 4.69) is 4.98 Å². The third kappa shape index (κ3) is 4.14. The molecule has 1 aliphatic heterocycles. The lowest BCUT2D eigenvalue weighted by Gasteiger charge is -2.20. The fourth-order valence-electron chi connectivity index (χ4n) is 2.02. The van der Waals surface area contributed by atoms with E-state index < -0.39 is 10.0 Å². The molecule has 1 fully saturated rings. The quantitative estimate of drug-likeness (QED) is 0.774. The predicted molar refractivity (Wildman–Crippen MR) is 73.4 cm³/mol. The van der Waals surface area contributed by atoms with Gasteiger partial charge in [-0.05, 0) is 24.0 Å². The Morgan fingerprint density at radius 1 is 1.53 bits per heavy atom. The Labute approximate surface area is 118 Å². The summed E-state index contributed by atoms with van der Waals surface area (Å²) in [6, 6.07) is 3.27. The van der Waals surface area contributed by atoms with Gasteiger partial charge in [0.1, 0.15) is 5.15 Å². The van der Waals surface area contributed by atoms with Crippen molar-refractivity contribution in [2.24, 2.45) is 5.92 Å². The van der Waals surface area contributed by atoms with Crippen molar-refractivity contribution in [1.29, 1.82) is 0 Å². The first-order valence-corrected chi connectivity index (χ1v) is 8.08. The molecule has 0 unspecified atom stereocenters. The minimum Gasteiger partial charge on any atom is -0.381 e. The minimum atomic E-state index is -3.32. The van der Waals surface area contributed by atoms with Crippen LogP contribution in [0.25, 0.3) is 0 Å². The van der Waals surface area contributed by atoms with Crippen LogP contribution in [0.1, 0.15) is 12.0 Å². The van der Waals surface area contributed by atoms with Gasteiger partial charge in [-0.2, -0.15) is 0 Å². The third-order valence-corrected chi connectivity index (χ3v) is 5.17. The lowest BCUT2D eigenvalue weighted by Crippen LogP contribution is -2.33. The molecule has 106 valence electrons. The molecule has 2 rings (SSSR count). The van der Waals surface area contributed by atoms with Crippen LogP contribution in [-0.4, -0.2) is 44.5 Å². The van der Waals surface area contributed by atoms with Gasteiger partial charge in [-0.25, -0.2) is 17.7 Å². The van der Waals surface area contributed by atoms with Crippen molar-refractivity contribution in [2.45, 2.75) is 12.2 Å². The lowest BCUT2D eigenvalue weighted by molar-refractivity contribution is 0.182. The molecule has 2 heterocycles. The molecule has 1 saturated heterocycles. The van der Waals surface area contributed by atoms with Crippen molar-refractivity contribution in [2.75, 3.05) is 26.8 Å². The summed E-state index contributed by atoms with van der Waals surface area (Å²) in [5.41, 5.74) is 0.638. The van der Waals surface area contributed by atoms with E-state index >= 15 is 0 Å². The first-order valence-electron chi connectivity index (χ1n) is 6.09. The lowest BCUT2D eigenvalue weighted by atomic mass is 10.1. The summed E-state index contributed by atoms with van der Waals surface area (Å²) in [5.74, 6) is 0.240. The van der Waals surface area contributed by atoms with E-state index in [1.807, 2.05) is 0 Å². The highest BCUT2D eigenvalue weighted by molar-refractivity contribution is 7.88. The Balaban J connectivity index is 1.98. The molecule has 0 N–H and O–H groups in total. The van der Waals surface area contributed by atoms with Gasteiger partial charge in [-0.15, -0.1) is 0 Å². The van der Waals surface area contributed by atoms with E-state index in [-0.39, 0.29) is 5.75 Å². The highest BCUT2D eigenvalue weighted by Crippen LogP contribution is 2.17. The number of nitrogens with zero attached hydrogens (tertiary/aromatic N) is 2. The van der Waals surface area contributed by atoms with Gasteiger partial charge in [-0.3, -0.25) is 0 Å². The summed E-state index contributed by atoms with van der Waals surface area (Å²) < 4.78 is 31.1. The number of hydrogen-bond acceptors (Lipinski definition) is 4. The molecule has 1 atom stereocenters. The van der Waals surface area contributed by atoms with Gasteiger partial charge in [0.15, 0.2) is 0 Å². The van der Waals surface area contributed by atoms with E-state index in [1.165, 1.54) is 10.5 Å². The Kier molecular flexibility index (Phi) is 4.78. The van der Waals surface area contributed by atoms with E-state index in [1.54, 1.807) is 19.2 Å². The molecular formula is C12H17ClN2O3S. The van der Waals surface area contributed by atoms with E-state index in [0.717, 1.165) is 13.0 Å². The number of sulfonamides is 1. The molecule has 1 aromatic heterocycles. The molecule has 1 aliphatic rings. The third-order valence-electron chi connectivity index (χ3n) is 3.15. The standard InChI is InChI=1S/C12H17ClN2O3S/c1-15(7-11-4-5-18-8-11)19(16,17)9-10-2-3-12(13)14-6-10/h2-3,6,11H,4-5,7-9H2,1H3/t11-/m0/s1. The van der Waals surface area contributed by atoms with E-state index in [9.17, 15) is 8.42 Å². The second kappa shape index (κ2) is 6.17. The molecule has 0 radical (unpaired) electrons. The molecule has 19 heavy (non-hydrogen) atoms. The zero-order valence-electron chi connectivity index (χ0n) is 10.8. The molecular weight excluding hydrogens is 288 g/mol. The van der Waals surface area contributed by atoms with Crippen molar-refractivity contribution in [1.82, 2.24) is 9.29 Å². The summed E-state index contributed by atoms with van der Waals surface area (Å²) in [7, 11) is -1.71. The number of hydrogen-bond donors (Lipinski definition) is 0. The van der Waals surface area contributed by atoms with Gasteiger partial charge in [0.25, 0.3) is 0 Å². The molecule has 0 spiro atoms. The highest BCUT2D eigenvalue weighted by atomic mass is 35.5. The maximum atomic E-state index is 12.2. The number of ether oxygens (including phenoxy) is 1. The zero-order chi connectivity index (χ0) is 13.9. The summed E-state index contributed by atoms with van der Waals surface area (Å²) in [5, 5.41) is 0.359. The fourth-order valence-corrected chi connectivity index (χ4v) is 3.38. The second-order valence-electron chi connectivity index (χ2n) is 4.76. The summed E-state index contributed by atoms with van der Waals surface area (Å²) in [6.45, 7) is 1.87. The number of pyridine rings is 1. The number of halogens is 1. The average Bonchev–Trinajstić information content (AvgIpc) is 2.84. The molecule has 7 heteroatoms. The van der Waals surface area contributed by atoms with Gasteiger partial charge >= 0.3 is 0 Å². The molecule has 0 amide bonds. The largest absolute Gasteiger partial charge is 0.381 e. The molecule has 0 aromatic carbocycles. The van der Waals surface area contributed by atoms with Gasteiger partial charge in [0.05, 0.1) is 12.4 Å². The maximum Gasteiger partial charge on any atom is 0.218 e. The van der Waals surface area contributed by atoms with E-state index in [0.29, 0.717) is 29.8 Å². The molecule has 0 aliphatic carbocycles. The summed E-state index contributed by atoms with van der Waals surface area (Å²) >= 11 is 5.67. The second-order valence-corrected chi connectivity index (χ2v) is 7.22. The first-order chi connectivity index (χ1) is 8.97. The van der Waals surface area contributed by atoms with Crippen LogP contribution in [0.4, 0.5) is 0 Å². The van der Waals surface area contributed by atoms with Crippen LogP contribution in [0, 0.1) is 5.92 Å². The molecule has 5 nitrogen and oxygen atoms in total. The van der Waals surface area contributed by atoms with Gasteiger partial charge < -0.3 is 4.74 Å². The maximum absolute atomic E-state index is 12.2. The fraction of sp³-hybridized carbons (Fsp3) is 0.583. The summed E-state index contributed by atoms with van der Waals surface area (Å²) in [6.07, 6.45) is 2.41. The van der Waals surface area contributed by atoms with E-state index in [4.69, 9.17) is 16.3 Å². The van der Waals surface area contributed by atoms with Crippen LogP contribution in [0.15, 0.2) is 18.3 Å². The number of rotatable bonds is 5. The van der Waals surface area contributed by atoms with Crippen LogP contribution >= 0.6 is 11.6 Å². The molecule has 0 saturated carbocycles. The van der Waals surface area contributed by atoms with Gasteiger partial charge in [0, 0.05) is 26.4 Å². The van der Waals surface area contributed by atoms with Crippen molar-refractivity contribution in [3.05, 3.63) is 29.0 Å². The monoisotopic (exact) mass is 304 g/mol. The predicted octanol–water partition coefficient (Wildman–Crippen LogP) is 1.53. The van der Waals surface area contributed by atoms with Crippen molar-refractivity contribution < 1.29 is 13.2 Å². The van der Waals surface area contributed by atoms with Gasteiger partial charge in [0.2, 0.25) is 10.0 Å². The zero-order valence-corrected chi connectivity index (χ0v) is 12.3. The van der Waals surface area contributed by atoms with Crippen molar-refractivity contribution >= 4 is 21.6 Å². The molecule has 1 aromatic rings. The Morgan fingerprint density at radius 3 is 2.89 bits per heavy atom. The smallest absolute Gasteiger partial charge is 0.218 e. The van der Waals surface area contributed by atoms with Crippen molar-refractivity contribution in [3.8, 4) is 0 Å². The average molecular weight is 305 g/mol. The normalized spacial score (nSPS) is 20.1. The minimum absolute atomic E-state index is 0.0543. The van der Waals surface area contributed by atoms with Crippen LogP contribution in [0.5, 0.6) is 0 Å². The van der Waals surface area contributed by atoms with Crippen LogP contribution < -0.4 is 0 Å². The Hall–Kier alpha value is -0.690. The van der Waals surface area contributed by atoms with Gasteiger partial charge in [-0.1, -0.05) is 17.7 Å². The first kappa shape index (κ1) is 14.7. The van der Waals surface area contributed by atoms with Crippen LogP contribution in [0.3, 0.4) is 0 Å². The Morgan fingerprint density at radius 2 is 2.32 bits per heavy atom. The molecule has 0 bridgehead atoms. The van der Waals surface area contributed by atoms with Crippen molar-refractivity contribution in [3.63, 3.8) is 0 Å². The topological polar surface area (TPSA) is 59.5 Å². The SMILES string of the molecule is CN(C[C@@H]1CCOC1)S(=O)(=O)Cc1ccc(Cl)nc1. The van der Waals surface area contributed by atoms with Crippen LogP contribution in [0.2, 0.25) is 5.15 Å². The highest BCUT2D eigenvalue weighted by Gasteiger charge is 2.24. The summed E-state index contributed by atoms with van der Waals surface area (Å²) in [4.78, 5) is 3.89. The Bertz CT molecular complexity index is 512. The van der Waals surface area contributed by atoms with Crippen LogP contribution in [-0.2, 0) is 20.5 Å². The number of aromatic nitrogens is 1.